The minimum absolute atomic E-state index is 0.174. The van der Waals surface area contributed by atoms with Crippen LogP contribution in [0, 0.1) is 0 Å². The molecule has 1 aliphatic heterocycles. The molecule has 1 aromatic rings. The highest BCUT2D eigenvalue weighted by atomic mass is 17.2. The summed E-state index contributed by atoms with van der Waals surface area (Å²) in [4.78, 5) is 9.49. The van der Waals surface area contributed by atoms with Crippen molar-refractivity contribution in [2.24, 2.45) is 0 Å². The van der Waals surface area contributed by atoms with Crippen molar-refractivity contribution in [3.05, 3.63) is 48.2 Å². The highest BCUT2D eigenvalue weighted by molar-refractivity contribution is 5.66. The molecule has 0 saturated carbocycles. The van der Waals surface area contributed by atoms with Crippen LogP contribution >= 0.6 is 0 Å². The molecule has 1 heterocycles. The Morgan fingerprint density at radius 2 is 2.00 bits per heavy atom. The number of rotatable bonds is 1. The number of phenols is 1. The van der Waals surface area contributed by atoms with E-state index in [1.165, 1.54) is 6.26 Å². The van der Waals surface area contributed by atoms with Gasteiger partial charge in [-0.2, -0.15) is 0 Å². The van der Waals surface area contributed by atoms with Gasteiger partial charge < -0.3 is 5.11 Å². The number of aromatic hydroxyl groups is 1. The largest absolute Gasteiger partial charge is 0.507 e. The molecule has 0 amide bonds. The molecular formula is C10H8O3. The van der Waals surface area contributed by atoms with E-state index in [0.717, 1.165) is 0 Å². The van der Waals surface area contributed by atoms with Crippen molar-refractivity contribution in [1.82, 2.24) is 0 Å². The molecule has 0 radical (unpaired) electrons. The Morgan fingerprint density at radius 3 is 2.69 bits per heavy atom. The van der Waals surface area contributed by atoms with E-state index in [2.05, 4.69) is 4.89 Å². The average Bonchev–Trinajstić information content (AvgIpc) is 2.20. The Kier molecular flexibility index (Phi) is 1.92. The van der Waals surface area contributed by atoms with Gasteiger partial charge in [0.25, 0.3) is 0 Å². The lowest BCUT2D eigenvalue weighted by Crippen LogP contribution is -1.93. The van der Waals surface area contributed by atoms with Crippen molar-refractivity contribution >= 4 is 5.76 Å². The number of para-hydroxylation sites is 1. The number of hydrogen-bond acceptors (Lipinski definition) is 3. The van der Waals surface area contributed by atoms with Gasteiger partial charge in [-0.1, -0.05) is 12.1 Å². The Bertz CT molecular complexity index is 366. The van der Waals surface area contributed by atoms with Crippen LogP contribution in [-0.4, -0.2) is 5.11 Å². The smallest absolute Gasteiger partial charge is 0.189 e. The molecule has 0 aromatic heterocycles. The Morgan fingerprint density at radius 1 is 1.15 bits per heavy atom. The maximum absolute atomic E-state index is 9.46. The molecule has 2 rings (SSSR count). The van der Waals surface area contributed by atoms with Gasteiger partial charge in [0, 0.05) is 0 Å². The van der Waals surface area contributed by atoms with E-state index in [-0.39, 0.29) is 5.75 Å². The Hall–Kier alpha value is -1.90. The fraction of sp³-hybridized carbons (Fsp3) is 0. The first-order valence-electron chi connectivity index (χ1n) is 3.86. The summed E-state index contributed by atoms with van der Waals surface area (Å²) in [6.45, 7) is 0. The van der Waals surface area contributed by atoms with Gasteiger partial charge in [-0.25, -0.2) is 0 Å². The summed E-state index contributed by atoms with van der Waals surface area (Å²) in [5.41, 5.74) is 0.617. The summed E-state index contributed by atoms with van der Waals surface area (Å²) in [5.74, 6) is 0.674. The van der Waals surface area contributed by atoms with Crippen molar-refractivity contribution in [1.29, 1.82) is 0 Å². The summed E-state index contributed by atoms with van der Waals surface area (Å²) in [5, 5.41) is 9.46. The molecule has 0 spiro atoms. The third-order valence-electron chi connectivity index (χ3n) is 1.69. The van der Waals surface area contributed by atoms with Crippen LogP contribution in [0.25, 0.3) is 5.76 Å². The van der Waals surface area contributed by atoms with E-state index in [1.807, 2.05) is 6.07 Å². The number of hydrogen-bond donors (Lipinski definition) is 1. The number of benzene rings is 1. The first-order valence-corrected chi connectivity index (χ1v) is 3.86. The molecule has 1 aromatic carbocycles. The third kappa shape index (κ3) is 1.49. The van der Waals surface area contributed by atoms with Crippen LogP contribution in [0.2, 0.25) is 0 Å². The second kappa shape index (κ2) is 3.23. The molecule has 3 heteroatoms. The molecule has 0 unspecified atom stereocenters. The number of allylic oxidation sites excluding steroid dienone is 2. The van der Waals surface area contributed by atoms with E-state index in [0.29, 0.717) is 11.3 Å². The van der Waals surface area contributed by atoms with Crippen molar-refractivity contribution < 1.29 is 14.9 Å². The maximum Gasteiger partial charge on any atom is 0.189 e. The molecule has 0 atom stereocenters. The van der Waals surface area contributed by atoms with Gasteiger partial charge >= 0.3 is 0 Å². The lowest BCUT2D eigenvalue weighted by molar-refractivity contribution is -0.182. The SMILES string of the molecule is Oc1ccccc1C1=CC=COO1. The predicted molar refractivity (Wildman–Crippen MR) is 47.4 cm³/mol. The van der Waals surface area contributed by atoms with Crippen molar-refractivity contribution in [3.63, 3.8) is 0 Å². The highest BCUT2D eigenvalue weighted by Crippen LogP contribution is 2.26. The molecule has 0 aliphatic carbocycles. The Balaban J connectivity index is 2.40. The van der Waals surface area contributed by atoms with Crippen LogP contribution < -0.4 is 0 Å². The van der Waals surface area contributed by atoms with Crippen LogP contribution in [-0.2, 0) is 9.78 Å². The van der Waals surface area contributed by atoms with E-state index in [4.69, 9.17) is 4.89 Å². The van der Waals surface area contributed by atoms with E-state index in [9.17, 15) is 5.11 Å². The van der Waals surface area contributed by atoms with E-state index in [1.54, 1.807) is 30.4 Å². The summed E-state index contributed by atoms with van der Waals surface area (Å²) in [6, 6.07) is 6.91. The first-order chi connectivity index (χ1) is 6.38. The summed E-state index contributed by atoms with van der Waals surface area (Å²) >= 11 is 0. The third-order valence-corrected chi connectivity index (χ3v) is 1.69. The number of phenolic OH excluding ortho intramolecular Hbond substituents is 1. The highest BCUT2D eigenvalue weighted by Gasteiger charge is 2.09. The first kappa shape index (κ1) is 7.73. The zero-order valence-corrected chi connectivity index (χ0v) is 6.81. The van der Waals surface area contributed by atoms with Crippen LogP contribution in [0.15, 0.2) is 42.7 Å². The van der Waals surface area contributed by atoms with Gasteiger partial charge in [0.15, 0.2) is 5.76 Å². The van der Waals surface area contributed by atoms with Gasteiger partial charge in [-0.05, 0) is 24.3 Å². The minimum Gasteiger partial charge on any atom is -0.507 e. The summed E-state index contributed by atoms with van der Waals surface area (Å²) in [7, 11) is 0. The second-order valence-electron chi connectivity index (χ2n) is 2.56. The molecule has 0 fully saturated rings. The zero-order valence-electron chi connectivity index (χ0n) is 6.81. The van der Waals surface area contributed by atoms with Gasteiger partial charge in [0.1, 0.15) is 12.0 Å². The van der Waals surface area contributed by atoms with Crippen LogP contribution in [0.3, 0.4) is 0 Å². The van der Waals surface area contributed by atoms with Crippen LogP contribution in [0.1, 0.15) is 5.56 Å². The molecule has 0 bridgehead atoms. The van der Waals surface area contributed by atoms with Gasteiger partial charge in [-0.3, -0.25) is 9.78 Å². The lowest BCUT2D eigenvalue weighted by Gasteiger charge is -2.10. The van der Waals surface area contributed by atoms with Gasteiger partial charge in [-0.15, -0.1) is 0 Å². The molecule has 0 saturated heterocycles. The summed E-state index contributed by atoms with van der Waals surface area (Å²) in [6.07, 6.45) is 4.84. The van der Waals surface area contributed by atoms with Gasteiger partial charge in [0.2, 0.25) is 0 Å². The standard InChI is InChI=1S/C10H8O3/c11-9-5-2-1-4-8(9)10-6-3-7-12-13-10/h1-7,11H. The van der Waals surface area contributed by atoms with Crippen molar-refractivity contribution in [2.45, 2.75) is 0 Å². The van der Waals surface area contributed by atoms with E-state index >= 15 is 0 Å². The zero-order chi connectivity index (χ0) is 9.10. The van der Waals surface area contributed by atoms with Crippen LogP contribution in [0.4, 0.5) is 0 Å². The monoisotopic (exact) mass is 176 g/mol. The van der Waals surface area contributed by atoms with E-state index < -0.39 is 0 Å². The summed E-state index contributed by atoms with van der Waals surface area (Å²) < 4.78 is 0. The van der Waals surface area contributed by atoms with Crippen molar-refractivity contribution in [2.75, 3.05) is 0 Å². The minimum atomic E-state index is 0.174. The normalized spacial score (nSPS) is 14.3. The molecule has 3 nitrogen and oxygen atoms in total. The van der Waals surface area contributed by atoms with Crippen LogP contribution in [0.5, 0.6) is 5.75 Å². The average molecular weight is 176 g/mol. The maximum atomic E-state index is 9.46. The van der Waals surface area contributed by atoms with Crippen molar-refractivity contribution in [3.8, 4) is 5.75 Å². The molecule has 1 N–H and O–H groups in total. The molecule has 66 valence electrons. The fourth-order valence-electron chi connectivity index (χ4n) is 1.08. The molecule has 13 heavy (non-hydrogen) atoms. The quantitative estimate of drug-likeness (QED) is 0.666. The second-order valence-corrected chi connectivity index (χ2v) is 2.56. The lowest BCUT2D eigenvalue weighted by atomic mass is 10.1. The molecule has 1 aliphatic rings. The van der Waals surface area contributed by atoms with Gasteiger partial charge in [0.05, 0.1) is 5.56 Å². The molecular weight excluding hydrogens is 168 g/mol. The Labute approximate surface area is 75.5 Å². The topological polar surface area (TPSA) is 38.7 Å². The fourth-order valence-corrected chi connectivity index (χ4v) is 1.08. The predicted octanol–water partition coefficient (Wildman–Crippen LogP) is 2.21.